The van der Waals surface area contributed by atoms with Crippen molar-refractivity contribution in [3.63, 3.8) is 0 Å². The highest BCUT2D eigenvalue weighted by molar-refractivity contribution is 5.94. The van der Waals surface area contributed by atoms with Crippen molar-refractivity contribution in [2.24, 2.45) is 27.9 Å². The Morgan fingerprint density at radius 3 is 2.41 bits per heavy atom. The summed E-state index contributed by atoms with van der Waals surface area (Å²) in [6.07, 6.45) is 1.43. The van der Waals surface area contributed by atoms with Gasteiger partial charge in [0.05, 0.1) is 6.04 Å². The maximum absolute atomic E-state index is 12.8. The molecule has 11 N–H and O–H groups in total. The van der Waals surface area contributed by atoms with Crippen LogP contribution in [0.15, 0.2) is 4.99 Å². The summed E-state index contributed by atoms with van der Waals surface area (Å²) < 4.78 is 0. The second-order valence-corrected chi connectivity index (χ2v) is 7.42. The molecule has 0 saturated carbocycles. The number of carboxylic acid groups (broad SMARTS) is 1. The van der Waals surface area contributed by atoms with E-state index in [1.165, 1.54) is 4.90 Å². The van der Waals surface area contributed by atoms with Crippen molar-refractivity contribution in [2.75, 3.05) is 19.6 Å². The van der Waals surface area contributed by atoms with Crippen LogP contribution in [-0.2, 0) is 24.0 Å². The first-order valence-electron chi connectivity index (χ1n) is 10.2. The van der Waals surface area contributed by atoms with Crippen LogP contribution in [0.3, 0.4) is 0 Å². The zero-order chi connectivity index (χ0) is 24.3. The standard InChI is InChI=1S/C18H32N8O6/c19-10(3-1-7-23-18(21)22)17(32)26-8-2-4-12(26)16(31)25-11(5-6-13(20)27)15(30)24-9-14(28)29/h10-12H,1-9,19H2,(H2,20,27)(H,24,30)(H,25,31)(H,28,29)(H4,21,22,23)/t10-,11-,12-/m0/s1. The molecule has 0 aromatic heterocycles. The maximum atomic E-state index is 12.8. The van der Waals surface area contributed by atoms with E-state index in [2.05, 4.69) is 15.6 Å². The monoisotopic (exact) mass is 456 g/mol. The van der Waals surface area contributed by atoms with E-state index < -0.39 is 54.3 Å². The first kappa shape index (κ1) is 26.6. The number of hydrogen-bond acceptors (Lipinski definition) is 7. The molecule has 1 saturated heterocycles. The summed E-state index contributed by atoms with van der Waals surface area (Å²) in [5.41, 5.74) is 21.6. The summed E-state index contributed by atoms with van der Waals surface area (Å²) in [7, 11) is 0. The van der Waals surface area contributed by atoms with Crippen molar-refractivity contribution < 1.29 is 29.1 Å². The smallest absolute Gasteiger partial charge is 0.322 e. The van der Waals surface area contributed by atoms with Gasteiger partial charge in [-0.25, -0.2) is 0 Å². The Morgan fingerprint density at radius 1 is 1.12 bits per heavy atom. The van der Waals surface area contributed by atoms with E-state index in [0.29, 0.717) is 38.8 Å². The number of rotatable bonds is 13. The van der Waals surface area contributed by atoms with E-state index >= 15 is 0 Å². The molecule has 32 heavy (non-hydrogen) atoms. The van der Waals surface area contributed by atoms with E-state index in [0.717, 1.165) is 0 Å². The summed E-state index contributed by atoms with van der Waals surface area (Å²) in [6.45, 7) is 0.000426. The number of likely N-dealkylation sites (tertiary alicyclic amines) is 1. The number of nitrogens with two attached hydrogens (primary N) is 4. The molecule has 0 spiro atoms. The Hall–Kier alpha value is -3.42. The summed E-state index contributed by atoms with van der Waals surface area (Å²) in [5.74, 6) is -3.77. The third-order valence-corrected chi connectivity index (χ3v) is 4.85. The Balaban J connectivity index is 2.75. The van der Waals surface area contributed by atoms with Gasteiger partial charge in [-0.2, -0.15) is 0 Å². The number of carbonyl (C=O) groups is 5. The minimum absolute atomic E-state index is 0.0561. The van der Waals surface area contributed by atoms with Crippen molar-refractivity contribution >= 4 is 35.6 Å². The van der Waals surface area contributed by atoms with Crippen LogP contribution in [0.1, 0.15) is 38.5 Å². The number of nitrogens with one attached hydrogen (secondary N) is 2. The molecule has 0 bridgehead atoms. The van der Waals surface area contributed by atoms with Crippen molar-refractivity contribution in [3.05, 3.63) is 0 Å². The van der Waals surface area contributed by atoms with E-state index in [1.807, 2.05) is 0 Å². The number of nitrogens with zero attached hydrogens (tertiary/aromatic N) is 2. The summed E-state index contributed by atoms with van der Waals surface area (Å²) in [6, 6.07) is -2.86. The quantitative estimate of drug-likeness (QED) is 0.0817. The van der Waals surface area contributed by atoms with E-state index in [4.69, 9.17) is 28.0 Å². The molecule has 1 aliphatic heterocycles. The lowest BCUT2D eigenvalue weighted by Gasteiger charge is -2.28. The van der Waals surface area contributed by atoms with Gasteiger partial charge in [0.1, 0.15) is 18.6 Å². The molecule has 0 aromatic carbocycles. The Labute approximate surface area is 185 Å². The highest BCUT2D eigenvalue weighted by Crippen LogP contribution is 2.19. The molecule has 1 aliphatic rings. The predicted molar refractivity (Wildman–Crippen MR) is 114 cm³/mol. The number of primary amides is 1. The molecule has 0 aliphatic carbocycles. The average molecular weight is 457 g/mol. The highest BCUT2D eigenvalue weighted by Gasteiger charge is 2.37. The van der Waals surface area contributed by atoms with Crippen LogP contribution < -0.4 is 33.6 Å². The van der Waals surface area contributed by atoms with Crippen LogP contribution >= 0.6 is 0 Å². The van der Waals surface area contributed by atoms with E-state index in [-0.39, 0.29) is 18.8 Å². The summed E-state index contributed by atoms with van der Waals surface area (Å²) in [4.78, 5) is 64.8. The third kappa shape index (κ3) is 9.16. The number of aliphatic imine (C=N–C) groups is 1. The number of carboxylic acids is 1. The van der Waals surface area contributed by atoms with Crippen LogP contribution in [0.5, 0.6) is 0 Å². The molecule has 0 aromatic rings. The highest BCUT2D eigenvalue weighted by atomic mass is 16.4. The van der Waals surface area contributed by atoms with Crippen LogP contribution in [-0.4, -0.2) is 83.3 Å². The van der Waals surface area contributed by atoms with Gasteiger partial charge in [0.25, 0.3) is 0 Å². The minimum Gasteiger partial charge on any atom is -0.480 e. The number of amides is 4. The van der Waals surface area contributed by atoms with Crippen molar-refractivity contribution in [1.29, 1.82) is 0 Å². The van der Waals surface area contributed by atoms with Gasteiger partial charge in [-0.3, -0.25) is 29.0 Å². The molecule has 1 fully saturated rings. The molecule has 1 heterocycles. The SMILES string of the molecule is NC(=O)CC[C@H](NC(=O)[C@@H]1CCCN1C(=O)[C@@H](N)CCCN=C(N)N)C(=O)NCC(=O)O. The van der Waals surface area contributed by atoms with E-state index in [1.54, 1.807) is 0 Å². The van der Waals surface area contributed by atoms with Gasteiger partial charge in [-0.05, 0) is 32.1 Å². The first-order chi connectivity index (χ1) is 15.0. The van der Waals surface area contributed by atoms with Crippen molar-refractivity contribution in [2.45, 2.75) is 56.7 Å². The van der Waals surface area contributed by atoms with Gasteiger partial charge < -0.3 is 43.6 Å². The van der Waals surface area contributed by atoms with Gasteiger partial charge >= 0.3 is 5.97 Å². The van der Waals surface area contributed by atoms with Crippen molar-refractivity contribution in [3.8, 4) is 0 Å². The fourth-order valence-electron chi connectivity index (χ4n) is 3.27. The topological polar surface area (TPSA) is 249 Å². The van der Waals surface area contributed by atoms with Crippen LogP contribution in [0.2, 0.25) is 0 Å². The molecule has 4 amide bonds. The minimum atomic E-state index is -1.26. The fourth-order valence-corrected chi connectivity index (χ4v) is 3.27. The Kier molecular flexibility index (Phi) is 10.9. The Bertz CT molecular complexity index is 739. The normalized spacial score (nSPS) is 17.2. The Morgan fingerprint density at radius 2 is 1.81 bits per heavy atom. The molecule has 14 nitrogen and oxygen atoms in total. The van der Waals surface area contributed by atoms with E-state index in [9.17, 15) is 24.0 Å². The molecule has 1 rings (SSSR count). The number of carbonyl (C=O) groups excluding carboxylic acids is 4. The first-order valence-corrected chi connectivity index (χ1v) is 10.2. The number of guanidine groups is 1. The third-order valence-electron chi connectivity index (χ3n) is 4.85. The molecule has 0 radical (unpaired) electrons. The number of aliphatic carboxylic acids is 1. The lowest BCUT2D eigenvalue weighted by atomic mass is 10.1. The van der Waals surface area contributed by atoms with Gasteiger partial charge in [-0.1, -0.05) is 0 Å². The molecular weight excluding hydrogens is 424 g/mol. The van der Waals surface area contributed by atoms with Crippen molar-refractivity contribution in [1.82, 2.24) is 15.5 Å². The molecule has 3 atom stereocenters. The molecule has 180 valence electrons. The lowest BCUT2D eigenvalue weighted by Crippen LogP contribution is -2.55. The summed E-state index contributed by atoms with van der Waals surface area (Å²) >= 11 is 0. The second kappa shape index (κ2) is 13.1. The van der Waals surface area contributed by atoms with Crippen LogP contribution in [0.25, 0.3) is 0 Å². The molecule has 14 heteroatoms. The average Bonchev–Trinajstić information content (AvgIpc) is 3.21. The van der Waals surface area contributed by atoms with Crippen LogP contribution in [0, 0.1) is 0 Å². The predicted octanol–water partition coefficient (Wildman–Crippen LogP) is -3.69. The number of hydrogen-bond donors (Lipinski definition) is 7. The molecular formula is C18H32N8O6. The summed E-state index contributed by atoms with van der Waals surface area (Å²) in [5, 5.41) is 13.4. The lowest BCUT2D eigenvalue weighted by molar-refractivity contribution is -0.141. The zero-order valence-electron chi connectivity index (χ0n) is 17.8. The van der Waals surface area contributed by atoms with Gasteiger partial charge in [-0.15, -0.1) is 0 Å². The second-order valence-electron chi connectivity index (χ2n) is 7.42. The maximum Gasteiger partial charge on any atom is 0.322 e. The zero-order valence-corrected chi connectivity index (χ0v) is 17.8. The fraction of sp³-hybridized carbons (Fsp3) is 0.667. The van der Waals surface area contributed by atoms with Gasteiger partial charge in [0, 0.05) is 19.5 Å². The van der Waals surface area contributed by atoms with Gasteiger partial charge in [0.2, 0.25) is 23.6 Å². The molecule has 0 unspecified atom stereocenters. The largest absolute Gasteiger partial charge is 0.480 e. The van der Waals surface area contributed by atoms with Crippen LogP contribution in [0.4, 0.5) is 0 Å². The van der Waals surface area contributed by atoms with Gasteiger partial charge in [0.15, 0.2) is 5.96 Å².